The minimum Gasteiger partial charge on any atom is -0.481 e. The van der Waals surface area contributed by atoms with E-state index in [9.17, 15) is 0 Å². The average molecular weight is 189 g/mol. The van der Waals surface area contributed by atoms with E-state index in [0.29, 0.717) is 0 Å². The van der Waals surface area contributed by atoms with E-state index in [1.807, 2.05) is 0 Å². The number of carbonyl (C=O) groups is 1. The van der Waals surface area contributed by atoms with Crippen molar-refractivity contribution in [3.05, 3.63) is 0 Å². The molecule has 1 N–H and O–H groups in total. The lowest BCUT2D eigenvalue weighted by molar-refractivity contribution is -0.134. The number of hydrogen-bond acceptors (Lipinski definition) is 2. The van der Waals surface area contributed by atoms with E-state index < -0.39 is 5.97 Å². The fourth-order valence-corrected chi connectivity index (χ4v) is 1.11. The van der Waals surface area contributed by atoms with Gasteiger partial charge >= 0.3 is 0 Å². The van der Waals surface area contributed by atoms with Gasteiger partial charge in [-0.15, -0.1) is 0 Å². The number of hydrogen-bond donors (Lipinski definition) is 1. The molecule has 0 amide bonds. The second-order valence-electron chi connectivity index (χ2n) is 3.00. The summed E-state index contributed by atoms with van der Waals surface area (Å²) in [6.07, 6.45) is 1.27. The molecule has 1 atom stereocenters. The van der Waals surface area contributed by atoms with Crippen molar-refractivity contribution in [2.24, 2.45) is 0 Å². The Morgan fingerprint density at radius 1 is 1.31 bits per heavy atom. The van der Waals surface area contributed by atoms with Gasteiger partial charge in [0.05, 0.1) is 0 Å². The van der Waals surface area contributed by atoms with Crippen molar-refractivity contribution in [2.45, 2.75) is 47.1 Å². The highest BCUT2D eigenvalue weighted by Gasteiger charge is 2.05. The quantitative estimate of drug-likeness (QED) is 0.737. The van der Waals surface area contributed by atoms with Crippen LogP contribution in [-0.4, -0.2) is 35.1 Å². The van der Waals surface area contributed by atoms with Gasteiger partial charge < -0.3 is 10.0 Å². The van der Waals surface area contributed by atoms with Crippen LogP contribution in [0.25, 0.3) is 0 Å². The van der Waals surface area contributed by atoms with E-state index in [-0.39, 0.29) is 0 Å². The number of carboxylic acid groups (broad SMARTS) is 1. The van der Waals surface area contributed by atoms with Gasteiger partial charge in [0.1, 0.15) is 0 Å². The Kier molecular flexibility index (Phi) is 10.9. The summed E-state index contributed by atoms with van der Waals surface area (Å²) in [6, 6.07) is 0.764. The zero-order chi connectivity index (χ0) is 10.9. The first-order chi connectivity index (χ1) is 5.99. The molecular weight excluding hydrogens is 166 g/mol. The van der Waals surface area contributed by atoms with Gasteiger partial charge in [0, 0.05) is 13.0 Å². The van der Waals surface area contributed by atoms with E-state index >= 15 is 0 Å². The van der Waals surface area contributed by atoms with Gasteiger partial charge in [-0.3, -0.25) is 4.79 Å². The molecule has 0 spiro atoms. The van der Waals surface area contributed by atoms with Crippen LogP contribution in [0.5, 0.6) is 0 Å². The average Bonchev–Trinajstić information content (AvgIpc) is 2.05. The fourth-order valence-electron chi connectivity index (χ4n) is 1.11. The molecule has 0 heterocycles. The van der Waals surface area contributed by atoms with Crippen molar-refractivity contribution >= 4 is 5.97 Å². The fraction of sp³-hybridized carbons (Fsp3) is 0.900. The Labute approximate surface area is 81.7 Å². The van der Waals surface area contributed by atoms with E-state index in [2.05, 4.69) is 32.6 Å². The summed E-state index contributed by atoms with van der Waals surface area (Å²) in [7, 11) is 0. The molecule has 1 unspecified atom stereocenters. The molecular formula is C10H23NO2. The van der Waals surface area contributed by atoms with Crippen LogP contribution in [0, 0.1) is 0 Å². The maximum absolute atomic E-state index is 9.00. The van der Waals surface area contributed by atoms with E-state index in [1.165, 1.54) is 19.5 Å². The Bertz CT molecular complexity index is 118. The van der Waals surface area contributed by atoms with E-state index in [0.717, 1.165) is 13.0 Å². The van der Waals surface area contributed by atoms with Crippen LogP contribution in [0.1, 0.15) is 41.0 Å². The van der Waals surface area contributed by atoms with Gasteiger partial charge in [-0.05, 0) is 26.4 Å². The molecule has 0 saturated heterocycles. The van der Waals surface area contributed by atoms with Gasteiger partial charge in [0.15, 0.2) is 0 Å². The molecule has 0 aromatic heterocycles. The lowest BCUT2D eigenvalue weighted by Crippen LogP contribution is -2.31. The highest BCUT2D eigenvalue weighted by atomic mass is 16.4. The van der Waals surface area contributed by atoms with Gasteiger partial charge in [0.2, 0.25) is 0 Å². The Morgan fingerprint density at radius 3 is 1.69 bits per heavy atom. The smallest absolute Gasteiger partial charge is 0.300 e. The predicted octanol–water partition coefficient (Wildman–Crippen LogP) is 2.22. The molecule has 0 bridgehead atoms. The zero-order valence-electron chi connectivity index (χ0n) is 9.50. The molecule has 0 aliphatic carbocycles. The van der Waals surface area contributed by atoms with Crippen LogP contribution in [0.3, 0.4) is 0 Å². The number of carboxylic acids is 1. The molecule has 0 aliphatic heterocycles. The van der Waals surface area contributed by atoms with Gasteiger partial charge in [-0.25, -0.2) is 0 Å². The van der Waals surface area contributed by atoms with Gasteiger partial charge in [0.25, 0.3) is 5.97 Å². The van der Waals surface area contributed by atoms with Crippen LogP contribution in [0.15, 0.2) is 0 Å². The Balaban J connectivity index is 0. The van der Waals surface area contributed by atoms with Gasteiger partial charge in [-0.1, -0.05) is 20.8 Å². The van der Waals surface area contributed by atoms with Crippen molar-refractivity contribution in [3.63, 3.8) is 0 Å². The second kappa shape index (κ2) is 9.52. The lowest BCUT2D eigenvalue weighted by atomic mass is 10.2. The first-order valence-electron chi connectivity index (χ1n) is 4.93. The van der Waals surface area contributed by atoms with Crippen molar-refractivity contribution in [2.75, 3.05) is 13.1 Å². The largest absolute Gasteiger partial charge is 0.481 e. The topological polar surface area (TPSA) is 40.5 Å². The predicted molar refractivity (Wildman–Crippen MR) is 56.0 cm³/mol. The zero-order valence-corrected chi connectivity index (χ0v) is 9.50. The second-order valence-corrected chi connectivity index (χ2v) is 3.00. The SMILES string of the molecule is CC(=O)O.CCC(C)N(CC)CC. The van der Waals surface area contributed by atoms with Crippen LogP contribution < -0.4 is 0 Å². The minimum absolute atomic E-state index is 0.764. The summed E-state index contributed by atoms with van der Waals surface area (Å²) >= 11 is 0. The third-order valence-electron chi connectivity index (χ3n) is 2.03. The molecule has 0 aromatic carbocycles. The summed E-state index contributed by atoms with van der Waals surface area (Å²) in [5.74, 6) is -0.833. The molecule has 0 aromatic rings. The summed E-state index contributed by atoms with van der Waals surface area (Å²) < 4.78 is 0. The third-order valence-corrected chi connectivity index (χ3v) is 2.03. The standard InChI is InChI=1S/C8H19N.C2H4O2/c1-5-8(4)9(6-2)7-3;1-2(3)4/h8H,5-7H2,1-4H3;1H3,(H,3,4). The van der Waals surface area contributed by atoms with E-state index in [1.54, 1.807) is 0 Å². The number of nitrogens with zero attached hydrogens (tertiary/aromatic N) is 1. The maximum atomic E-state index is 9.00. The minimum atomic E-state index is -0.833. The first-order valence-corrected chi connectivity index (χ1v) is 4.93. The van der Waals surface area contributed by atoms with Gasteiger partial charge in [-0.2, -0.15) is 0 Å². The van der Waals surface area contributed by atoms with Crippen LogP contribution in [0.2, 0.25) is 0 Å². The molecule has 3 heteroatoms. The summed E-state index contributed by atoms with van der Waals surface area (Å²) in [4.78, 5) is 11.5. The molecule has 0 fully saturated rings. The summed E-state index contributed by atoms with van der Waals surface area (Å²) in [5, 5.41) is 7.42. The van der Waals surface area contributed by atoms with Crippen LogP contribution >= 0.6 is 0 Å². The van der Waals surface area contributed by atoms with E-state index in [4.69, 9.17) is 9.90 Å². The molecule has 0 saturated carbocycles. The molecule has 0 radical (unpaired) electrons. The molecule has 3 nitrogen and oxygen atoms in total. The highest BCUT2D eigenvalue weighted by Crippen LogP contribution is 2.00. The molecule has 80 valence electrons. The molecule has 13 heavy (non-hydrogen) atoms. The monoisotopic (exact) mass is 189 g/mol. The highest BCUT2D eigenvalue weighted by molar-refractivity contribution is 5.62. The molecule has 0 rings (SSSR count). The number of aliphatic carboxylic acids is 1. The summed E-state index contributed by atoms with van der Waals surface area (Å²) in [6.45, 7) is 12.4. The number of rotatable bonds is 4. The maximum Gasteiger partial charge on any atom is 0.300 e. The molecule has 0 aliphatic rings. The van der Waals surface area contributed by atoms with Crippen LogP contribution in [0.4, 0.5) is 0 Å². The van der Waals surface area contributed by atoms with Crippen molar-refractivity contribution in [1.29, 1.82) is 0 Å². The summed E-state index contributed by atoms with van der Waals surface area (Å²) in [5.41, 5.74) is 0. The van der Waals surface area contributed by atoms with Crippen LogP contribution in [-0.2, 0) is 4.79 Å². The van der Waals surface area contributed by atoms with Crippen molar-refractivity contribution in [3.8, 4) is 0 Å². The first kappa shape index (κ1) is 14.9. The Morgan fingerprint density at radius 2 is 1.62 bits per heavy atom. The Hall–Kier alpha value is -0.570. The third kappa shape index (κ3) is 11.4. The van der Waals surface area contributed by atoms with Crippen molar-refractivity contribution < 1.29 is 9.90 Å². The lowest BCUT2D eigenvalue weighted by Gasteiger charge is -2.24. The van der Waals surface area contributed by atoms with Crippen molar-refractivity contribution in [1.82, 2.24) is 4.90 Å². The normalized spacial score (nSPS) is 11.8.